The Morgan fingerprint density at radius 1 is 1.29 bits per heavy atom. The van der Waals surface area contributed by atoms with Crippen molar-refractivity contribution in [2.75, 3.05) is 5.75 Å². The molecular weight excluding hydrogens is 190 g/mol. The first-order valence-corrected chi connectivity index (χ1v) is 6.09. The highest BCUT2D eigenvalue weighted by Crippen LogP contribution is 2.34. The predicted octanol–water partition coefficient (Wildman–Crippen LogP) is 2.50. The largest absolute Gasteiger partial charge is 0.306 e. The van der Waals surface area contributed by atoms with Crippen LogP contribution in [0, 0.1) is 0 Å². The van der Waals surface area contributed by atoms with Gasteiger partial charge in [0.25, 0.3) is 0 Å². The van der Waals surface area contributed by atoms with E-state index in [4.69, 9.17) is 0 Å². The number of fused-ring (bicyclic) bond motifs is 3. The SMILES string of the molecule is C1=CC2NCc3ccccc3C2CS1. The molecule has 72 valence electrons. The quantitative estimate of drug-likeness (QED) is 0.695. The first-order chi connectivity index (χ1) is 6.95. The van der Waals surface area contributed by atoms with E-state index in [9.17, 15) is 0 Å². The lowest BCUT2D eigenvalue weighted by atomic mass is 9.86. The van der Waals surface area contributed by atoms with Gasteiger partial charge in [0.2, 0.25) is 0 Å². The molecular formula is C12H13NS. The minimum Gasteiger partial charge on any atom is -0.306 e. The van der Waals surface area contributed by atoms with Crippen LogP contribution in [0.3, 0.4) is 0 Å². The molecule has 2 heteroatoms. The van der Waals surface area contributed by atoms with Crippen molar-refractivity contribution in [2.45, 2.75) is 18.5 Å². The van der Waals surface area contributed by atoms with Gasteiger partial charge >= 0.3 is 0 Å². The summed E-state index contributed by atoms with van der Waals surface area (Å²) in [7, 11) is 0. The first kappa shape index (κ1) is 8.57. The Labute approximate surface area is 88.6 Å². The van der Waals surface area contributed by atoms with E-state index in [1.54, 1.807) is 5.56 Å². The summed E-state index contributed by atoms with van der Waals surface area (Å²) in [5.74, 6) is 1.89. The van der Waals surface area contributed by atoms with Gasteiger partial charge in [-0.3, -0.25) is 0 Å². The normalized spacial score (nSPS) is 29.4. The van der Waals surface area contributed by atoms with E-state index in [1.807, 2.05) is 11.8 Å². The van der Waals surface area contributed by atoms with Gasteiger partial charge in [-0.1, -0.05) is 30.3 Å². The van der Waals surface area contributed by atoms with Gasteiger partial charge in [0.05, 0.1) is 0 Å². The average molecular weight is 203 g/mol. The van der Waals surface area contributed by atoms with Crippen molar-refractivity contribution in [3.8, 4) is 0 Å². The molecule has 3 rings (SSSR count). The summed E-state index contributed by atoms with van der Waals surface area (Å²) in [6.07, 6.45) is 2.30. The van der Waals surface area contributed by atoms with Gasteiger partial charge in [0.1, 0.15) is 0 Å². The Kier molecular flexibility index (Phi) is 2.11. The summed E-state index contributed by atoms with van der Waals surface area (Å²) in [5, 5.41) is 5.80. The van der Waals surface area contributed by atoms with Crippen molar-refractivity contribution in [3.63, 3.8) is 0 Å². The van der Waals surface area contributed by atoms with Crippen LogP contribution < -0.4 is 5.32 Å². The Hall–Kier alpha value is -0.730. The standard InChI is InChI=1S/C12H13NS/c1-2-4-10-9(3-1)7-13-12-5-6-14-8-11(10)12/h1-6,11-13H,7-8H2. The highest BCUT2D eigenvalue weighted by atomic mass is 32.2. The molecule has 14 heavy (non-hydrogen) atoms. The molecule has 0 saturated heterocycles. The summed E-state index contributed by atoms with van der Waals surface area (Å²) in [5.41, 5.74) is 3.03. The Morgan fingerprint density at radius 2 is 2.21 bits per heavy atom. The molecule has 0 amide bonds. The molecule has 1 nitrogen and oxygen atoms in total. The van der Waals surface area contributed by atoms with Gasteiger partial charge in [0, 0.05) is 24.3 Å². The van der Waals surface area contributed by atoms with Gasteiger partial charge in [-0.15, -0.1) is 11.8 Å². The summed E-state index contributed by atoms with van der Waals surface area (Å²) in [6.45, 7) is 1.02. The smallest absolute Gasteiger partial charge is 0.0338 e. The van der Waals surface area contributed by atoms with E-state index in [1.165, 1.54) is 11.3 Å². The zero-order valence-electron chi connectivity index (χ0n) is 7.94. The topological polar surface area (TPSA) is 12.0 Å². The minimum absolute atomic E-state index is 0.561. The fourth-order valence-electron chi connectivity index (χ4n) is 2.32. The molecule has 1 aromatic rings. The van der Waals surface area contributed by atoms with E-state index in [0.717, 1.165) is 6.54 Å². The van der Waals surface area contributed by atoms with Crippen LogP contribution in [-0.2, 0) is 6.54 Å². The van der Waals surface area contributed by atoms with Gasteiger partial charge in [-0.05, 0) is 16.5 Å². The van der Waals surface area contributed by atoms with Gasteiger partial charge in [0.15, 0.2) is 0 Å². The molecule has 0 spiro atoms. The fourth-order valence-corrected chi connectivity index (χ4v) is 3.30. The maximum Gasteiger partial charge on any atom is 0.0338 e. The number of nitrogens with one attached hydrogen (secondary N) is 1. The molecule has 2 heterocycles. The Morgan fingerprint density at radius 3 is 3.21 bits per heavy atom. The van der Waals surface area contributed by atoms with E-state index >= 15 is 0 Å². The van der Waals surface area contributed by atoms with Crippen LogP contribution >= 0.6 is 11.8 Å². The molecule has 1 aromatic carbocycles. The van der Waals surface area contributed by atoms with Gasteiger partial charge in [-0.25, -0.2) is 0 Å². The summed E-state index contributed by atoms with van der Waals surface area (Å²) in [4.78, 5) is 0. The highest BCUT2D eigenvalue weighted by Gasteiger charge is 2.28. The molecule has 0 saturated carbocycles. The van der Waals surface area contributed by atoms with Crippen molar-refractivity contribution in [3.05, 3.63) is 46.9 Å². The molecule has 0 bridgehead atoms. The predicted molar refractivity (Wildman–Crippen MR) is 61.4 cm³/mol. The maximum absolute atomic E-state index is 3.58. The molecule has 0 radical (unpaired) electrons. The first-order valence-electron chi connectivity index (χ1n) is 5.04. The van der Waals surface area contributed by atoms with Crippen LogP contribution in [0.1, 0.15) is 17.0 Å². The lowest BCUT2D eigenvalue weighted by Crippen LogP contribution is -2.39. The van der Waals surface area contributed by atoms with Crippen LogP contribution in [0.4, 0.5) is 0 Å². The van der Waals surface area contributed by atoms with E-state index in [2.05, 4.69) is 41.1 Å². The highest BCUT2D eigenvalue weighted by molar-refractivity contribution is 8.02. The van der Waals surface area contributed by atoms with Gasteiger partial charge in [-0.2, -0.15) is 0 Å². The van der Waals surface area contributed by atoms with Crippen molar-refractivity contribution in [2.24, 2.45) is 0 Å². The molecule has 0 aromatic heterocycles. The molecule has 0 fully saturated rings. The molecule has 1 N–H and O–H groups in total. The van der Waals surface area contributed by atoms with Crippen molar-refractivity contribution in [1.82, 2.24) is 5.32 Å². The van der Waals surface area contributed by atoms with Crippen molar-refractivity contribution < 1.29 is 0 Å². The monoisotopic (exact) mass is 203 g/mol. The number of hydrogen-bond donors (Lipinski definition) is 1. The van der Waals surface area contributed by atoms with E-state index < -0.39 is 0 Å². The number of thioether (sulfide) groups is 1. The number of rotatable bonds is 0. The van der Waals surface area contributed by atoms with Crippen molar-refractivity contribution >= 4 is 11.8 Å². The van der Waals surface area contributed by atoms with Crippen LogP contribution in [0.25, 0.3) is 0 Å². The molecule has 0 aliphatic carbocycles. The lowest BCUT2D eigenvalue weighted by molar-refractivity contribution is 0.488. The second kappa shape index (κ2) is 3.44. The number of benzene rings is 1. The summed E-state index contributed by atoms with van der Waals surface area (Å²) < 4.78 is 0. The van der Waals surface area contributed by atoms with Crippen LogP contribution in [0.5, 0.6) is 0 Å². The Balaban J connectivity index is 2.04. The maximum atomic E-state index is 3.58. The molecule has 2 atom stereocenters. The average Bonchev–Trinajstić information content (AvgIpc) is 2.29. The van der Waals surface area contributed by atoms with Crippen LogP contribution in [0.15, 0.2) is 35.7 Å². The lowest BCUT2D eigenvalue weighted by Gasteiger charge is -2.34. The third kappa shape index (κ3) is 1.30. The van der Waals surface area contributed by atoms with Gasteiger partial charge < -0.3 is 5.32 Å². The third-order valence-corrected chi connectivity index (χ3v) is 3.98. The number of hydrogen-bond acceptors (Lipinski definition) is 2. The third-order valence-electron chi connectivity index (χ3n) is 3.07. The Bertz CT molecular complexity index is 372. The van der Waals surface area contributed by atoms with Crippen LogP contribution in [-0.4, -0.2) is 11.8 Å². The van der Waals surface area contributed by atoms with E-state index in [-0.39, 0.29) is 0 Å². The second-order valence-electron chi connectivity index (χ2n) is 3.87. The summed E-state index contributed by atoms with van der Waals surface area (Å²) in [6, 6.07) is 9.37. The minimum atomic E-state index is 0.561. The zero-order chi connectivity index (χ0) is 9.38. The van der Waals surface area contributed by atoms with Crippen molar-refractivity contribution in [1.29, 1.82) is 0 Å². The molecule has 2 aliphatic heterocycles. The van der Waals surface area contributed by atoms with E-state index in [0.29, 0.717) is 12.0 Å². The fraction of sp³-hybridized carbons (Fsp3) is 0.333. The van der Waals surface area contributed by atoms with Crippen LogP contribution in [0.2, 0.25) is 0 Å². The molecule has 2 unspecified atom stereocenters. The second-order valence-corrected chi connectivity index (χ2v) is 4.81. The summed E-state index contributed by atoms with van der Waals surface area (Å²) >= 11 is 1.92. The zero-order valence-corrected chi connectivity index (χ0v) is 8.76. The molecule has 2 aliphatic rings.